The number of methoxy groups -OCH3 is 1. The number of hydrogen-bond donors (Lipinski definition) is 1. The van der Waals surface area contributed by atoms with Crippen molar-refractivity contribution in [2.45, 2.75) is 26.3 Å². The van der Waals surface area contributed by atoms with Crippen molar-refractivity contribution in [1.29, 1.82) is 0 Å². The average molecular weight is 424 g/mol. The number of likely N-dealkylation sites (tertiary alicyclic amines) is 1. The van der Waals surface area contributed by atoms with E-state index in [1.807, 2.05) is 12.1 Å². The van der Waals surface area contributed by atoms with Crippen molar-refractivity contribution >= 4 is 17.4 Å². The number of pyridine rings is 1. The Kier molecular flexibility index (Phi) is 7.41. The van der Waals surface area contributed by atoms with Crippen LogP contribution in [0.15, 0.2) is 54.4 Å². The second kappa shape index (κ2) is 10.2. The Morgan fingerprint density at radius 1 is 1.13 bits per heavy atom. The monoisotopic (exact) mass is 423 g/mol. The van der Waals surface area contributed by atoms with E-state index < -0.39 is 23.5 Å². The van der Waals surface area contributed by atoms with Gasteiger partial charge in [-0.1, -0.05) is 24.0 Å². The van der Waals surface area contributed by atoms with Gasteiger partial charge in [0.15, 0.2) is 0 Å². The van der Waals surface area contributed by atoms with E-state index >= 15 is 0 Å². The molecule has 1 N–H and O–H groups in total. The summed E-state index contributed by atoms with van der Waals surface area (Å²) in [4.78, 5) is 32.9. The average Bonchev–Trinajstić information content (AvgIpc) is 3.06. The standard InChI is InChI=1S/C24H29N3O4/c1-4-26(5-2)15-8-16-27-21(18-9-6-7-10-19(18)31-3)20(23(29)24(27)30)22(28)17-11-13-25-14-12-17/h6-7,9-14,21,28H,4-5,8,15-16H2,1-3H3. The summed E-state index contributed by atoms with van der Waals surface area (Å²) >= 11 is 0. The lowest BCUT2D eigenvalue weighted by Gasteiger charge is -2.29. The third-order valence-electron chi connectivity index (χ3n) is 5.83. The lowest BCUT2D eigenvalue weighted by atomic mass is 9.95. The number of ether oxygens (including phenoxy) is 1. The molecule has 1 unspecified atom stereocenters. The van der Waals surface area contributed by atoms with Crippen LogP contribution in [0, 0.1) is 0 Å². The lowest BCUT2D eigenvalue weighted by Crippen LogP contribution is -3.11. The van der Waals surface area contributed by atoms with Crippen LogP contribution in [0.4, 0.5) is 0 Å². The van der Waals surface area contributed by atoms with Crippen LogP contribution < -0.4 is 14.7 Å². The molecule has 3 rings (SSSR count). The molecule has 164 valence electrons. The van der Waals surface area contributed by atoms with Crippen molar-refractivity contribution in [1.82, 2.24) is 9.88 Å². The van der Waals surface area contributed by atoms with Gasteiger partial charge >= 0.3 is 0 Å². The van der Waals surface area contributed by atoms with E-state index in [2.05, 4.69) is 18.8 Å². The number of rotatable bonds is 9. The molecule has 7 nitrogen and oxygen atoms in total. The van der Waals surface area contributed by atoms with Crippen LogP contribution in [0.5, 0.6) is 5.75 Å². The van der Waals surface area contributed by atoms with Gasteiger partial charge in [-0.15, -0.1) is 0 Å². The van der Waals surface area contributed by atoms with Crippen LogP contribution in [0.2, 0.25) is 0 Å². The fourth-order valence-electron chi connectivity index (χ4n) is 4.08. The predicted molar refractivity (Wildman–Crippen MR) is 115 cm³/mol. The molecule has 2 heterocycles. The van der Waals surface area contributed by atoms with Crippen LogP contribution >= 0.6 is 0 Å². The molecular formula is C24H29N3O4. The highest BCUT2D eigenvalue weighted by molar-refractivity contribution is 6.46. The van der Waals surface area contributed by atoms with Crippen LogP contribution in [-0.4, -0.2) is 54.9 Å². The van der Waals surface area contributed by atoms with Crippen LogP contribution in [-0.2, 0) is 9.59 Å². The third-order valence-corrected chi connectivity index (χ3v) is 5.83. The van der Waals surface area contributed by atoms with Gasteiger partial charge in [0.1, 0.15) is 5.75 Å². The number of carbonyl (C=O) groups is 2. The Labute approximate surface area is 183 Å². The number of hydrogen-bond acceptors (Lipinski definition) is 5. The number of ketones is 1. The summed E-state index contributed by atoms with van der Waals surface area (Å²) in [5, 5.41) is 13.3. The minimum atomic E-state index is -0.775. The maximum Gasteiger partial charge on any atom is 0.295 e. The zero-order chi connectivity index (χ0) is 22.4. The number of nitrogens with one attached hydrogen (secondary N) is 1. The van der Waals surface area contributed by atoms with E-state index in [0.29, 0.717) is 23.4 Å². The highest BCUT2D eigenvalue weighted by Crippen LogP contribution is 2.41. The molecule has 0 radical (unpaired) electrons. The predicted octanol–water partition coefficient (Wildman–Crippen LogP) is 0.629. The molecule has 1 aromatic heterocycles. The van der Waals surface area contributed by atoms with E-state index in [9.17, 15) is 14.7 Å². The lowest BCUT2D eigenvalue weighted by molar-refractivity contribution is -0.896. The fourth-order valence-corrected chi connectivity index (χ4v) is 4.08. The van der Waals surface area contributed by atoms with E-state index in [1.54, 1.807) is 24.3 Å². The van der Waals surface area contributed by atoms with Crippen LogP contribution in [0.3, 0.4) is 0 Å². The highest BCUT2D eigenvalue weighted by Gasteiger charge is 2.45. The van der Waals surface area contributed by atoms with Gasteiger partial charge in [-0.2, -0.15) is 0 Å². The number of para-hydroxylation sites is 1. The second-order valence-electron chi connectivity index (χ2n) is 7.51. The molecule has 0 spiro atoms. The summed E-state index contributed by atoms with van der Waals surface area (Å²) in [5.74, 6) is -1.29. The van der Waals surface area contributed by atoms with Crippen molar-refractivity contribution in [2.75, 3.05) is 33.3 Å². The van der Waals surface area contributed by atoms with Gasteiger partial charge in [0.25, 0.3) is 5.91 Å². The van der Waals surface area contributed by atoms with E-state index in [-0.39, 0.29) is 5.57 Å². The first-order valence-corrected chi connectivity index (χ1v) is 10.7. The van der Waals surface area contributed by atoms with Gasteiger partial charge in [-0.25, -0.2) is 0 Å². The number of carbonyl (C=O) groups excluding carboxylic acids is 2. The van der Waals surface area contributed by atoms with E-state index in [0.717, 1.165) is 26.1 Å². The topological polar surface area (TPSA) is 87.0 Å². The summed E-state index contributed by atoms with van der Waals surface area (Å²) in [5.41, 5.74) is 0.938. The number of quaternary nitrogens is 1. The fraction of sp³-hybridized carbons (Fsp3) is 0.375. The first-order chi connectivity index (χ1) is 15.0. The minimum Gasteiger partial charge on any atom is -0.872 e. The molecule has 1 saturated heterocycles. The van der Waals surface area contributed by atoms with Gasteiger partial charge in [-0.3, -0.25) is 14.6 Å². The molecule has 7 heteroatoms. The van der Waals surface area contributed by atoms with E-state index in [1.165, 1.54) is 29.3 Å². The van der Waals surface area contributed by atoms with Gasteiger partial charge in [0.2, 0.25) is 5.78 Å². The third kappa shape index (κ3) is 4.61. The molecule has 0 aliphatic carbocycles. The number of amides is 1. The normalized spacial score (nSPS) is 18.1. The minimum absolute atomic E-state index is 0.0316. The van der Waals surface area contributed by atoms with Crippen molar-refractivity contribution in [2.24, 2.45) is 0 Å². The number of aromatic nitrogens is 1. The molecule has 31 heavy (non-hydrogen) atoms. The molecule has 1 atom stereocenters. The first kappa shape index (κ1) is 22.5. The molecule has 1 fully saturated rings. The van der Waals surface area contributed by atoms with Gasteiger partial charge in [0, 0.05) is 36.5 Å². The zero-order valence-electron chi connectivity index (χ0n) is 18.3. The number of Topliss-reactive ketones (excluding diaryl/α,β-unsaturated/α-hetero) is 1. The largest absolute Gasteiger partial charge is 0.872 e. The Morgan fingerprint density at radius 3 is 2.45 bits per heavy atom. The van der Waals surface area contributed by atoms with Crippen molar-refractivity contribution in [3.8, 4) is 5.75 Å². The molecule has 0 saturated carbocycles. The maximum atomic E-state index is 13.3. The van der Waals surface area contributed by atoms with Gasteiger partial charge in [-0.05, 0) is 37.6 Å². The first-order valence-electron chi connectivity index (χ1n) is 10.7. The summed E-state index contributed by atoms with van der Waals surface area (Å²) in [6.45, 7) is 7.52. The molecule has 1 aromatic carbocycles. The number of nitrogens with zero attached hydrogens (tertiary/aromatic N) is 2. The highest BCUT2D eigenvalue weighted by atomic mass is 16.5. The smallest absolute Gasteiger partial charge is 0.295 e. The SMILES string of the molecule is CC[NH+](CC)CCCN1C(=O)C(=O)C(=C([O-])c2ccncc2)C1c1ccccc1OC. The van der Waals surface area contributed by atoms with Crippen molar-refractivity contribution < 1.29 is 24.3 Å². The van der Waals surface area contributed by atoms with E-state index in [4.69, 9.17) is 4.74 Å². The summed E-state index contributed by atoms with van der Waals surface area (Å²) < 4.78 is 5.50. The molecule has 1 aliphatic heterocycles. The molecular weight excluding hydrogens is 394 g/mol. The Balaban J connectivity index is 2.06. The Morgan fingerprint density at radius 2 is 1.81 bits per heavy atom. The molecule has 2 aromatic rings. The van der Waals surface area contributed by atoms with Crippen LogP contribution in [0.25, 0.3) is 5.76 Å². The Bertz CT molecular complexity index is 954. The Hall–Kier alpha value is -3.19. The molecule has 1 aliphatic rings. The number of benzene rings is 1. The van der Waals surface area contributed by atoms with Crippen LogP contribution in [0.1, 0.15) is 37.4 Å². The van der Waals surface area contributed by atoms with Crippen molar-refractivity contribution in [3.63, 3.8) is 0 Å². The second-order valence-corrected chi connectivity index (χ2v) is 7.51. The quantitative estimate of drug-likeness (QED) is 0.363. The van der Waals surface area contributed by atoms with Crippen molar-refractivity contribution in [3.05, 3.63) is 65.5 Å². The summed E-state index contributed by atoms with van der Waals surface area (Å²) in [6, 6.07) is 9.55. The maximum absolute atomic E-state index is 13.3. The molecule has 0 bridgehead atoms. The zero-order valence-corrected chi connectivity index (χ0v) is 18.3. The molecule has 1 amide bonds. The van der Waals surface area contributed by atoms with Gasteiger partial charge < -0.3 is 19.6 Å². The van der Waals surface area contributed by atoms with Gasteiger partial charge in [0.05, 0.1) is 32.8 Å². The summed E-state index contributed by atoms with van der Waals surface area (Å²) in [7, 11) is 1.54. The summed E-state index contributed by atoms with van der Waals surface area (Å²) in [6.07, 6.45) is 3.73.